The maximum Gasteiger partial charge on any atom is 0.220 e. The van der Waals surface area contributed by atoms with E-state index in [1.807, 2.05) is 12.1 Å². The van der Waals surface area contributed by atoms with Crippen molar-refractivity contribution in [2.75, 3.05) is 0 Å². The van der Waals surface area contributed by atoms with E-state index in [0.717, 1.165) is 12.1 Å². The van der Waals surface area contributed by atoms with Crippen LogP contribution in [0.3, 0.4) is 0 Å². The van der Waals surface area contributed by atoms with Gasteiger partial charge in [0, 0.05) is 36.6 Å². The van der Waals surface area contributed by atoms with Gasteiger partial charge in [0.05, 0.1) is 0 Å². The maximum absolute atomic E-state index is 13.0. The van der Waals surface area contributed by atoms with Crippen molar-refractivity contribution in [3.05, 3.63) is 107 Å². The number of hydrogen-bond acceptors (Lipinski definition) is 1. The number of hydrogen-bond donors (Lipinski definition) is 1. The molecule has 4 heteroatoms. The second-order valence-corrected chi connectivity index (χ2v) is 7.69. The summed E-state index contributed by atoms with van der Waals surface area (Å²) in [5, 5.41) is 4.11. The van der Waals surface area contributed by atoms with Gasteiger partial charge in [0.1, 0.15) is 5.82 Å². The number of amides is 1. The van der Waals surface area contributed by atoms with E-state index in [9.17, 15) is 9.18 Å². The lowest BCUT2D eigenvalue weighted by Crippen LogP contribution is -2.22. The van der Waals surface area contributed by atoms with Crippen LogP contribution in [0.1, 0.15) is 28.7 Å². The second-order valence-electron chi connectivity index (χ2n) is 7.69. The normalized spacial score (nSPS) is 11.0. The molecule has 0 radical (unpaired) electrons. The van der Waals surface area contributed by atoms with Gasteiger partial charge in [0.25, 0.3) is 0 Å². The Morgan fingerprint density at radius 3 is 2.40 bits per heavy atom. The summed E-state index contributed by atoms with van der Waals surface area (Å²) in [6.45, 7) is 3.31. The fourth-order valence-corrected chi connectivity index (χ4v) is 3.68. The van der Waals surface area contributed by atoms with E-state index in [1.54, 1.807) is 12.1 Å². The van der Waals surface area contributed by atoms with Crippen molar-refractivity contribution in [1.29, 1.82) is 0 Å². The Morgan fingerprint density at radius 2 is 1.63 bits per heavy atom. The number of halogens is 1. The van der Waals surface area contributed by atoms with Crippen LogP contribution in [0.5, 0.6) is 0 Å². The minimum absolute atomic E-state index is 0.00492. The molecule has 3 nitrogen and oxygen atoms in total. The van der Waals surface area contributed by atoms with E-state index < -0.39 is 0 Å². The number of fused-ring (bicyclic) bond motifs is 1. The van der Waals surface area contributed by atoms with Gasteiger partial charge in [-0.3, -0.25) is 4.79 Å². The molecule has 0 atom stereocenters. The quantitative estimate of drug-likeness (QED) is 0.444. The minimum Gasteiger partial charge on any atom is -0.352 e. The summed E-state index contributed by atoms with van der Waals surface area (Å²) in [7, 11) is 0. The largest absolute Gasteiger partial charge is 0.352 e. The molecule has 1 aromatic heterocycles. The van der Waals surface area contributed by atoms with Gasteiger partial charge in [-0.2, -0.15) is 0 Å². The lowest BCUT2D eigenvalue weighted by Gasteiger charge is -2.06. The van der Waals surface area contributed by atoms with Crippen molar-refractivity contribution < 1.29 is 9.18 Å². The average Bonchev–Trinajstić information content (AvgIpc) is 3.11. The number of aromatic nitrogens is 1. The van der Waals surface area contributed by atoms with Crippen LogP contribution in [0, 0.1) is 12.7 Å². The highest BCUT2D eigenvalue weighted by molar-refractivity contribution is 5.85. The highest BCUT2D eigenvalue weighted by atomic mass is 19.1. The number of nitrogens with zero attached hydrogens (tertiary/aromatic N) is 1. The fourth-order valence-electron chi connectivity index (χ4n) is 3.68. The Kier molecular flexibility index (Phi) is 5.94. The van der Waals surface area contributed by atoms with Gasteiger partial charge in [-0.25, -0.2) is 4.39 Å². The summed E-state index contributed by atoms with van der Waals surface area (Å²) in [6.07, 6.45) is 3.26. The van der Waals surface area contributed by atoms with Gasteiger partial charge < -0.3 is 9.88 Å². The summed E-state index contributed by atoms with van der Waals surface area (Å²) in [5.74, 6) is -0.276. The predicted octanol–water partition coefficient (Wildman–Crippen LogP) is 5.39. The molecule has 0 saturated heterocycles. The van der Waals surface area contributed by atoms with Crippen LogP contribution in [-0.4, -0.2) is 10.5 Å². The molecule has 0 spiro atoms. The fraction of sp³-hybridized carbons (Fsp3) is 0.192. The van der Waals surface area contributed by atoms with Crippen LogP contribution in [0.4, 0.5) is 4.39 Å². The van der Waals surface area contributed by atoms with E-state index in [1.165, 1.54) is 39.7 Å². The highest BCUT2D eigenvalue weighted by Crippen LogP contribution is 2.23. The van der Waals surface area contributed by atoms with E-state index in [-0.39, 0.29) is 11.7 Å². The summed E-state index contributed by atoms with van der Waals surface area (Å²) < 4.78 is 15.2. The number of carbonyl (C=O) groups excluding carboxylic acids is 1. The van der Waals surface area contributed by atoms with Crippen LogP contribution < -0.4 is 5.32 Å². The molecular weight excluding hydrogens is 375 g/mol. The van der Waals surface area contributed by atoms with Gasteiger partial charge in [-0.15, -0.1) is 0 Å². The van der Waals surface area contributed by atoms with Gasteiger partial charge >= 0.3 is 0 Å². The molecule has 152 valence electrons. The maximum atomic E-state index is 13.0. The molecule has 0 aliphatic heterocycles. The van der Waals surface area contributed by atoms with Gasteiger partial charge in [0.15, 0.2) is 0 Å². The Labute approximate surface area is 176 Å². The molecule has 4 rings (SSSR count). The van der Waals surface area contributed by atoms with E-state index in [4.69, 9.17) is 0 Å². The van der Waals surface area contributed by atoms with Crippen LogP contribution in [-0.2, 0) is 24.3 Å². The molecule has 0 fully saturated rings. The molecule has 1 heterocycles. The van der Waals surface area contributed by atoms with Crippen molar-refractivity contribution in [1.82, 2.24) is 9.88 Å². The molecule has 3 aromatic carbocycles. The molecule has 30 heavy (non-hydrogen) atoms. The van der Waals surface area contributed by atoms with Crippen LogP contribution in [0.25, 0.3) is 10.9 Å². The van der Waals surface area contributed by atoms with Crippen LogP contribution >= 0.6 is 0 Å². The smallest absolute Gasteiger partial charge is 0.220 e. The first-order valence-corrected chi connectivity index (χ1v) is 10.2. The highest BCUT2D eigenvalue weighted by Gasteiger charge is 2.10. The minimum atomic E-state index is -0.271. The Hall–Kier alpha value is -3.40. The zero-order chi connectivity index (χ0) is 20.9. The topological polar surface area (TPSA) is 34.0 Å². The first-order chi connectivity index (χ1) is 14.6. The first kappa shape index (κ1) is 19.9. The summed E-state index contributed by atoms with van der Waals surface area (Å²) in [6, 6.07) is 23.1. The molecule has 0 unspecified atom stereocenters. The van der Waals surface area contributed by atoms with Crippen LogP contribution in [0.15, 0.2) is 79.0 Å². The third kappa shape index (κ3) is 4.77. The molecule has 0 saturated carbocycles. The van der Waals surface area contributed by atoms with Crippen molar-refractivity contribution in [2.45, 2.75) is 32.9 Å². The number of benzene rings is 3. The van der Waals surface area contributed by atoms with Gasteiger partial charge in [0.2, 0.25) is 5.91 Å². The molecule has 1 N–H and O–H groups in total. The Bertz CT molecular complexity index is 1140. The van der Waals surface area contributed by atoms with E-state index in [2.05, 4.69) is 59.4 Å². The lowest BCUT2D eigenvalue weighted by molar-refractivity contribution is -0.121. The third-order valence-electron chi connectivity index (χ3n) is 5.37. The molecule has 1 amide bonds. The van der Waals surface area contributed by atoms with Gasteiger partial charge in [-0.1, -0.05) is 60.2 Å². The molecular formula is C26H25FN2O. The van der Waals surface area contributed by atoms with Crippen molar-refractivity contribution in [3.8, 4) is 0 Å². The lowest BCUT2D eigenvalue weighted by atomic mass is 10.1. The standard InChI is InChI=1S/C26H25FN2O/c1-19-6-8-21(9-7-19)17-29-18-22(24-4-2-3-5-25(24)29)12-15-26(30)28-16-20-10-13-23(27)14-11-20/h2-11,13-14,18H,12,15-17H2,1H3,(H,28,30). The summed E-state index contributed by atoms with van der Waals surface area (Å²) >= 11 is 0. The number of para-hydroxylation sites is 1. The van der Waals surface area contributed by atoms with Crippen molar-refractivity contribution >= 4 is 16.8 Å². The Morgan fingerprint density at radius 1 is 0.933 bits per heavy atom. The molecule has 0 aliphatic rings. The Balaban J connectivity index is 1.43. The SMILES string of the molecule is Cc1ccc(Cn2cc(CCC(=O)NCc3ccc(F)cc3)c3ccccc32)cc1. The number of nitrogens with one attached hydrogen (secondary N) is 1. The first-order valence-electron chi connectivity index (χ1n) is 10.2. The molecule has 0 bridgehead atoms. The number of carbonyl (C=O) groups is 1. The van der Waals surface area contributed by atoms with E-state index in [0.29, 0.717) is 19.4 Å². The van der Waals surface area contributed by atoms with Crippen molar-refractivity contribution in [2.24, 2.45) is 0 Å². The van der Waals surface area contributed by atoms with Crippen molar-refractivity contribution in [3.63, 3.8) is 0 Å². The summed E-state index contributed by atoms with van der Waals surface area (Å²) in [5.41, 5.74) is 5.75. The van der Waals surface area contributed by atoms with Gasteiger partial charge in [-0.05, 0) is 48.2 Å². The monoisotopic (exact) mass is 400 g/mol. The zero-order valence-electron chi connectivity index (χ0n) is 17.1. The third-order valence-corrected chi connectivity index (χ3v) is 5.37. The number of aryl methyl sites for hydroxylation is 2. The van der Waals surface area contributed by atoms with E-state index >= 15 is 0 Å². The zero-order valence-corrected chi connectivity index (χ0v) is 17.1. The molecule has 4 aromatic rings. The van der Waals surface area contributed by atoms with Crippen LogP contribution in [0.2, 0.25) is 0 Å². The predicted molar refractivity (Wildman–Crippen MR) is 119 cm³/mol. The summed E-state index contributed by atoms with van der Waals surface area (Å²) in [4.78, 5) is 12.3. The number of rotatable bonds is 7. The molecule has 0 aliphatic carbocycles. The average molecular weight is 400 g/mol. The second kappa shape index (κ2) is 8.95.